The van der Waals surface area contributed by atoms with Gasteiger partial charge in [-0.05, 0) is 65.6 Å². The molecule has 6 nitrogen and oxygen atoms in total. The third-order valence-electron chi connectivity index (χ3n) is 9.59. The summed E-state index contributed by atoms with van der Waals surface area (Å²) in [6.07, 6.45) is -24.5. The van der Waals surface area contributed by atoms with Gasteiger partial charge < -0.3 is 0 Å². The van der Waals surface area contributed by atoms with Crippen LogP contribution in [0, 0.1) is 6.92 Å². The Labute approximate surface area is 310 Å². The highest BCUT2D eigenvalue weighted by Crippen LogP contribution is 2.58. The maximum absolute atomic E-state index is 15.0. The molecule has 0 aliphatic carbocycles. The quantitative estimate of drug-likeness (QED) is 0.149. The SMILES string of the molecule is C.C.Cc1ccc(C(c2ccc(N3C(=O)c4ccc(C(c5ccc6c(c5)C(=O)N(C)C6=O)(C(F)(F)F)C(F)(F)F)cc4C3=O)cc2)(C(F)(F)F)C(F)(F)F)cc1. The molecule has 298 valence electrons. The first-order valence-electron chi connectivity index (χ1n) is 15.3. The summed E-state index contributed by atoms with van der Waals surface area (Å²) in [6, 6.07) is 7.22. The molecule has 18 heteroatoms. The first kappa shape index (κ1) is 43.1. The lowest BCUT2D eigenvalue weighted by atomic mass is 9.71. The summed E-state index contributed by atoms with van der Waals surface area (Å²) in [5, 5.41) is 0. The molecule has 0 fully saturated rings. The first-order chi connectivity index (χ1) is 24.8. The van der Waals surface area contributed by atoms with E-state index in [2.05, 4.69) is 0 Å². The molecular weight excluding hydrogens is 776 g/mol. The molecule has 0 radical (unpaired) electrons. The van der Waals surface area contributed by atoms with Gasteiger partial charge in [-0.25, -0.2) is 4.90 Å². The highest BCUT2D eigenvalue weighted by molar-refractivity contribution is 6.34. The lowest BCUT2D eigenvalue weighted by Gasteiger charge is -2.38. The van der Waals surface area contributed by atoms with Crippen molar-refractivity contribution in [1.29, 1.82) is 0 Å². The fraction of sp³-hybridized carbons (Fsp3) is 0.263. The van der Waals surface area contributed by atoms with Crippen LogP contribution in [0.5, 0.6) is 0 Å². The van der Waals surface area contributed by atoms with Gasteiger partial charge in [-0.1, -0.05) is 68.9 Å². The van der Waals surface area contributed by atoms with Crippen LogP contribution in [0.3, 0.4) is 0 Å². The van der Waals surface area contributed by atoms with Crippen LogP contribution >= 0.6 is 0 Å². The summed E-state index contributed by atoms with van der Waals surface area (Å²) in [5.74, 6) is -5.08. The average molecular weight is 805 g/mol. The standard InChI is InChI=1S/C36H20F12N2O4.2CH4/c1-17-3-5-18(6-4-17)31(33(37,38)39,34(40,41)42)19-7-11-22(12-8-19)50-29(53)24-14-10-21(16-26(24)30(50)54)32(35(43,44)45,36(46,47)48)20-9-13-23-25(15-20)28(52)49(2)27(23)51;;/h3-16H,1-2H3;2*1H4. The molecule has 2 heterocycles. The number of hydrogen-bond acceptors (Lipinski definition) is 4. The molecule has 0 saturated carbocycles. The molecule has 0 N–H and O–H groups in total. The minimum atomic E-state index is -6.24. The Balaban J connectivity index is 0.00000348. The molecule has 4 amide bonds. The van der Waals surface area contributed by atoms with Crippen LogP contribution in [0.15, 0.2) is 84.9 Å². The number of amides is 4. The smallest absolute Gasteiger partial charge is 0.277 e. The minimum Gasteiger partial charge on any atom is -0.277 e. The second-order valence-electron chi connectivity index (χ2n) is 12.5. The normalized spacial score (nSPS) is 15.1. The number of aryl methyl sites for hydroxylation is 1. The van der Waals surface area contributed by atoms with Gasteiger partial charge in [0, 0.05) is 7.05 Å². The number of hydrogen-bond donors (Lipinski definition) is 0. The van der Waals surface area contributed by atoms with E-state index >= 15 is 0 Å². The number of imide groups is 2. The minimum absolute atomic E-state index is 0. The number of alkyl halides is 12. The Morgan fingerprint density at radius 2 is 0.714 bits per heavy atom. The van der Waals surface area contributed by atoms with Gasteiger partial charge in [0.25, 0.3) is 23.6 Å². The van der Waals surface area contributed by atoms with E-state index < -0.39 is 109 Å². The van der Waals surface area contributed by atoms with Crippen molar-refractivity contribution in [3.63, 3.8) is 0 Å². The fourth-order valence-electron chi connectivity index (χ4n) is 6.93. The van der Waals surface area contributed by atoms with Crippen LogP contribution in [0.1, 0.15) is 84.1 Å². The molecular formula is C38H28F12N2O4. The molecule has 0 unspecified atom stereocenters. The third kappa shape index (κ3) is 5.82. The van der Waals surface area contributed by atoms with Crippen molar-refractivity contribution < 1.29 is 71.9 Å². The lowest BCUT2D eigenvalue weighted by Crippen LogP contribution is -2.55. The Hall–Kier alpha value is -5.68. The average Bonchev–Trinajstić information content (AvgIpc) is 3.43. The van der Waals surface area contributed by atoms with Gasteiger partial charge in [0.15, 0.2) is 0 Å². The molecule has 0 spiro atoms. The second-order valence-corrected chi connectivity index (χ2v) is 12.5. The maximum Gasteiger partial charge on any atom is 0.411 e. The molecule has 0 bridgehead atoms. The van der Waals surface area contributed by atoms with E-state index in [1.807, 2.05) is 0 Å². The van der Waals surface area contributed by atoms with Crippen molar-refractivity contribution in [1.82, 2.24) is 4.90 Å². The van der Waals surface area contributed by atoms with E-state index in [0.717, 1.165) is 19.2 Å². The number of halogens is 12. The molecule has 6 rings (SSSR count). The highest BCUT2D eigenvalue weighted by atomic mass is 19.4. The van der Waals surface area contributed by atoms with Gasteiger partial charge in [-0.2, -0.15) is 52.7 Å². The van der Waals surface area contributed by atoms with Gasteiger partial charge in [0.2, 0.25) is 10.8 Å². The first-order valence-corrected chi connectivity index (χ1v) is 15.3. The van der Waals surface area contributed by atoms with Crippen LogP contribution in [0.4, 0.5) is 58.4 Å². The summed E-state index contributed by atoms with van der Waals surface area (Å²) in [7, 11) is 0.959. The molecule has 0 saturated heterocycles. The topological polar surface area (TPSA) is 74.8 Å². The van der Waals surface area contributed by atoms with Gasteiger partial charge in [-0.3, -0.25) is 24.1 Å². The molecule has 4 aromatic carbocycles. The predicted molar refractivity (Wildman–Crippen MR) is 177 cm³/mol. The second kappa shape index (κ2) is 13.5. The third-order valence-corrected chi connectivity index (χ3v) is 9.59. The molecule has 56 heavy (non-hydrogen) atoms. The molecule has 2 aliphatic rings. The van der Waals surface area contributed by atoms with Crippen LogP contribution in [-0.4, -0.2) is 60.3 Å². The Kier molecular flexibility index (Phi) is 10.4. The summed E-state index contributed by atoms with van der Waals surface area (Å²) in [5.41, 5.74) is -18.6. The Bertz CT molecular complexity index is 2210. The number of carbonyl (C=O) groups excluding carboxylic acids is 4. The number of benzene rings is 4. The summed E-state index contributed by atoms with van der Waals surface area (Å²) in [4.78, 5) is 52.3. The van der Waals surface area contributed by atoms with E-state index in [0.29, 0.717) is 65.1 Å². The van der Waals surface area contributed by atoms with E-state index in [9.17, 15) is 71.9 Å². The summed E-state index contributed by atoms with van der Waals surface area (Å²) < 4.78 is 177. The van der Waals surface area contributed by atoms with Crippen LogP contribution in [-0.2, 0) is 10.8 Å². The monoisotopic (exact) mass is 804 g/mol. The van der Waals surface area contributed by atoms with Crippen LogP contribution < -0.4 is 4.90 Å². The number of nitrogens with zero attached hydrogens (tertiary/aromatic N) is 2. The van der Waals surface area contributed by atoms with Gasteiger partial charge in [0.1, 0.15) is 0 Å². The maximum atomic E-state index is 15.0. The molecule has 0 atom stereocenters. The van der Waals surface area contributed by atoms with Gasteiger partial charge in [-0.15, -0.1) is 0 Å². The number of anilines is 1. The largest absolute Gasteiger partial charge is 0.411 e. The molecule has 2 aliphatic heterocycles. The van der Waals surface area contributed by atoms with Gasteiger partial charge in [0.05, 0.1) is 27.9 Å². The zero-order chi connectivity index (χ0) is 40.1. The summed E-state index contributed by atoms with van der Waals surface area (Å²) in [6.45, 7) is 1.43. The van der Waals surface area contributed by atoms with E-state index in [-0.39, 0.29) is 38.0 Å². The Morgan fingerprint density at radius 1 is 0.411 bits per heavy atom. The van der Waals surface area contributed by atoms with Crippen molar-refractivity contribution in [2.24, 2.45) is 0 Å². The van der Waals surface area contributed by atoms with Crippen LogP contribution in [0.25, 0.3) is 0 Å². The lowest BCUT2D eigenvalue weighted by molar-refractivity contribution is -0.290. The fourth-order valence-corrected chi connectivity index (χ4v) is 6.93. The van der Waals surface area contributed by atoms with E-state index in [1.54, 1.807) is 0 Å². The van der Waals surface area contributed by atoms with Crippen LogP contribution in [0.2, 0.25) is 0 Å². The van der Waals surface area contributed by atoms with E-state index in [4.69, 9.17) is 0 Å². The summed E-state index contributed by atoms with van der Waals surface area (Å²) >= 11 is 0. The molecule has 4 aromatic rings. The van der Waals surface area contributed by atoms with Crippen molar-refractivity contribution in [3.05, 3.63) is 135 Å². The van der Waals surface area contributed by atoms with Crippen molar-refractivity contribution in [2.45, 2.75) is 57.3 Å². The number of carbonyl (C=O) groups is 4. The zero-order valence-corrected chi connectivity index (χ0v) is 27.1. The predicted octanol–water partition coefficient (Wildman–Crippen LogP) is 10.1. The Morgan fingerprint density at radius 3 is 1.12 bits per heavy atom. The highest BCUT2D eigenvalue weighted by Gasteiger charge is 2.74. The van der Waals surface area contributed by atoms with Crippen molar-refractivity contribution >= 4 is 29.3 Å². The van der Waals surface area contributed by atoms with E-state index in [1.165, 1.54) is 6.92 Å². The zero-order valence-electron chi connectivity index (χ0n) is 27.1. The van der Waals surface area contributed by atoms with Crippen molar-refractivity contribution in [3.8, 4) is 0 Å². The number of rotatable bonds is 5. The number of fused-ring (bicyclic) bond motifs is 2. The molecule has 0 aromatic heterocycles. The van der Waals surface area contributed by atoms with Crippen molar-refractivity contribution in [2.75, 3.05) is 11.9 Å². The van der Waals surface area contributed by atoms with Gasteiger partial charge >= 0.3 is 24.7 Å².